The zero-order chi connectivity index (χ0) is 21.0. The van der Waals surface area contributed by atoms with Crippen molar-refractivity contribution in [3.05, 3.63) is 29.8 Å². The third-order valence-electron chi connectivity index (χ3n) is 3.36. The molecule has 1 N–H and O–H groups in total. The maximum Gasteiger partial charge on any atom is 0.415 e. The lowest BCUT2D eigenvalue weighted by Gasteiger charge is -2.32. The molecule has 0 radical (unpaired) electrons. The second-order valence-electron chi connectivity index (χ2n) is 8.19. The van der Waals surface area contributed by atoms with E-state index in [0.29, 0.717) is 11.3 Å². The molecule has 1 aromatic rings. The van der Waals surface area contributed by atoms with Crippen molar-refractivity contribution in [1.82, 2.24) is 5.32 Å². The fourth-order valence-corrected chi connectivity index (χ4v) is 2.21. The van der Waals surface area contributed by atoms with Gasteiger partial charge in [-0.2, -0.15) is 0 Å². The van der Waals surface area contributed by atoms with E-state index in [1.165, 1.54) is 11.9 Å². The number of benzene rings is 1. The summed E-state index contributed by atoms with van der Waals surface area (Å²) in [6.45, 7) is 12.1. The number of hydrogen-bond acceptors (Lipinski definition) is 5. The van der Waals surface area contributed by atoms with Crippen molar-refractivity contribution in [2.75, 3.05) is 11.9 Å². The van der Waals surface area contributed by atoms with E-state index >= 15 is 0 Å². The molecule has 1 rings (SSSR count). The van der Waals surface area contributed by atoms with Crippen LogP contribution in [0, 0.1) is 0 Å². The van der Waals surface area contributed by atoms with Crippen LogP contribution in [0.5, 0.6) is 0 Å². The third kappa shape index (κ3) is 6.92. The summed E-state index contributed by atoms with van der Waals surface area (Å²) in [6.07, 6.45) is -0.673. The second kappa shape index (κ2) is 8.41. The number of nitrogens with one attached hydrogen (secondary N) is 1. The van der Waals surface area contributed by atoms with Gasteiger partial charge in [-0.15, -0.1) is 0 Å². The number of esters is 1. The van der Waals surface area contributed by atoms with Gasteiger partial charge in [0, 0.05) is 18.3 Å². The summed E-state index contributed by atoms with van der Waals surface area (Å²) in [5, 5.41) is 2.53. The van der Waals surface area contributed by atoms with Gasteiger partial charge in [-0.05, 0) is 72.7 Å². The second-order valence-corrected chi connectivity index (χ2v) is 8.19. The highest BCUT2D eigenvalue weighted by Crippen LogP contribution is 2.23. The van der Waals surface area contributed by atoms with Gasteiger partial charge in [0.15, 0.2) is 0 Å². The Kier molecular flexibility index (Phi) is 7.00. The molecule has 1 unspecified atom stereocenters. The molecule has 7 nitrogen and oxygen atoms in total. The van der Waals surface area contributed by atoms with Gasteiger partial charge in [0.25, 0.3) is 5.91 Å². The third-order valence-corrected chi connectivity index (χ3v) is 3.36. The van der Waals surface area contributed by atoms with Crippen molar-refractivity contribution >= 4 is 23.7 Å². The van der Waals surface area contributed by atoms with Crippen LogP contribution in [0.4, 0.5) is 10.5 Å². The van der Waals surface area contributed by atoms with Crippen molar-refractivity contribution in [2.45, 2.75) is 65.7 Å². The summed E-state index contributed by atoms with van der Waals surface area (Å²) in [6, 6.07) is 5.43. The quantitative estimate of drug-likeness (QED) is 0.811. The summed E-state index contributed by atoms with van der Waals surface area (Å²) >= 11 is 0. The topological polar surface area (TPSA) is 84.9 Å². The number of ether oxygens (including phenoxy) is 2. The largest absolute Gasteiger partial charge is 0.458 e. The molecule has 0 saturated carbocycles. The average Bonchev–Trinajstić information content (AvgIpc) is 2.51. The highest BCUT2D eigenvalue weighted by Gasteiger charge is 2.34. The molecule has 27 heavy (non-hydrogen) atoms. The molecule has 1 atom stereocenters. The molecule has 0 heterocycles. The fraction of sp³-hybridized carbons (Fsp3) is 0.550. The first-order valence-corrected chi connectivity index (χ1v) is 8.82. The van der Waals surface area contributed by atoms with Crippen molar-refractivity contribution in [1.29, 1.82) is 0 Å². The van der Waals surface area contributed by atoms with Crippen LogP contribution in [-0.4, -0.2) is 42.3 Å². The van der Waals surface area contributed by atoms with Gasteiger partial charge in [-0.1, -0.05) is 0 Å². The molecule has 0 aromatic heterocycles. The monoisotopic (exact) mass is 378 g/mol. The first-order valence-electron chi connectivity index (χ1n) is 8.82. The first kappa shape index (κ1) is 22.5. The van der Waals surface area contributed by atoms with Crippen LogP contribution < -0.4 is 10.2 Å². The summed E-state index contributed by atoms with van der Waals surface area (Å²) in [5.74, 6) is -0.797. The van der Waals surface area contributed by atoms with Crippen molar-refractivity contribution < 1.29 is 23.9 Å². The lowest BCUT2D eigenvalue weighted by atomic mass is 10.1. The molecule has 150 valence electrons. The van der Waals surface area contributed by atoms with Crippen molar-refractivity contribution in [3.8, 4) is 0 Å². The van der Waals surface area contributed by atoms with E-state index in [-0.39, 0.29) is 5.91 Å². The molecule has 1 aromatic carbocycles. The first-order chi connectivity index (χ1) is 12.2. The number of carbonyl (C=O) groups excluding carboxylic acids is 3. The normalized spacial score (nSPS) is 12.7. The summed E-state index contributed by atoms with van der Waals surface area (Å²) < 4.78 is 10.9. The van der Waals surface area contributed by atoms with E-state index in [9.17, 15) is 14.4 Å². The van der Waals surface area contributed by atoms with E-state index in [1.54, 1.807) is 72.7 Å². The van der Waals surface area contributed by atoms with Gasteiger partial charge >= 0.3 is 12.1 Å². The minimum atomic E-state index is -0.912. The molecule has 0 aliphatic rings. The van der Waals surface area contributed by atoms with Crippen molar-refractivity contribution in [2.24, 2.45) is 0 Å². The Morgan fingerprint density at radius 1 is 0.926 bits per heavy atom. The number of amides is 2. The number of carbonyl (C=O) groups is 3. The van der Waals surface area contributed by atoms with Gasteiger partial charge in [0.1, 0.15) is 17.2 Å². The van der Waals surface area contributed by atoms with E-state index in [0.717, 1.165) is 0 Å². The SMILES string of the molecule is CNC(=O)c1ccc(N(C(=O)OC(C)(C)C)C(C)C(=O)OC(C)(C)C)cc1. The molecule has 0 aliphatic heterocycles. The standard InChI is InChI=1S/C20H30N2O5/c1-13(17(24)26-19(2,3)4)22(18(25)27-20(5,6)7)15-11-9-14(10-12-15)16(23)21-8/h9-13H,1-8H3,(H,21,23). The summed E-state index contributed by atoms with van der Waals surface area (Å²) in [5.41, 5.74) is -0.551. The number of nitrogens with zero attached hydrogens (tertiary/aromatic N) is 1. The Balaban J connectivity index is 3.23. The molecule has 0 saturated heterocycles. The summed E-state index contributed by atoms with van der Waals surface area (Å²) in [4.78, 5) is 38.2. The lowest BCUT2D eigenvalue weighted by Crippen LogP contribution is -2.48. The van der Waals surface area contributed by atoms with Crippen molar-refractivity contribution in [3.63, 3.8) is 0 Å². The Bertz CT molecular complexity index is 684. The summed E-state index contributed by atoms with van der Waals surface area (Å²) in [7, 11) is 1.54. The van der Waals surface area contributed by atoms with Crippen LogP contribution in [0.15, 0.2) is 24.3 Å². The maximum absolute atomic E-state index is 12.8. The predicted molar refractivity (Wildman–Crippen MR) is 104 cm³/mol. The minimum Gasteiger partial charge on any atom is -0.458 e. The van der Waals surface area contributed by atoms with E-state index in [2.05, 4.69) is 5.32 Å². The molecule has 2 amide bonds. The van der Waals surface area contributed by atoms with Gasteiger partial charge in [0.05, 0.1) is 0 Å². The van der Waals surface area contributed by atoms with Gasteiger partial charge in [-0.25, -0.2) is 9.59 Å². The Labute approximate surface area is 161 Å². The van der Waals surface area contributed by atoms with E-state index in [4.69, 9.17) is 9.47 Å². The predicted octanol–water partition coefficient (Wildman–Crippen LogP) is 3.52. The molecular weight excluding hydrogens is 348 g/mol. The van der Waals surface area contributed by atoms with Crippen LogP contribution in [-0.2, 0) is 14.3 Å². The van der Waals surface area contributed by atoms with Crippen LogP contribution in [0.2, 0.25) is 0 Å². The molecule has 0 fully saturated rings. The highest BCUT2D eigenvalue weighted by atomic mass is 16.6. The Morgan fingerprint density at radius 3 is 1.81 bits per heavy atom. The van der Waals surface area contributed by atoms with Gasteiger partial charge in [-0.3, -0.25) is 9.69 Å². The fourth-order valence-electron chi connectivity index (χ4n) is 2.21. The van der Waals surface area contributed by atoms with E-state index < -0.39 is 29.3 Å². The molecule has 7 heteroatoms. The molecule has 0 bridgehead atoms. The van der Waals surface area contributed by atoms with E-state index in [1.807, 2.05) is 0 Å². The van der Waals surface area contributed by atoms with Crippen LogP contribution >= 0.6 is 0 Å². The average molecular weight is 378 g/mol. The smallest absolute Gasteiger partial charge is 0.415 e. The number of rotatable bonds is 4. The highest BCUT2D eigenvalue weighted by molar-refractivity contribution is 5.97. The van der Waals surface area contributed by atoms with Crippen LogP contribution in [0.1, 0.15) is 58.8 Å². The van der Waals surface area contributed by atoms with Crippen LogP contribution in [0.3, 0.4) is 0 Å². The number of hydrogen-bond donors (Lipinski definition) is 1. The van der Waals surface area contributed by atoms with Gasteiger partial charge in [0.2, 0.25) is 0 Å². The number of anilines is 1. The Hall–Kier alpha value is -2.57. The lowest BCUT2D eigenvalue weighted by molar-refractivity contribution is -0.156. The zero-order valence-electron chi connectivity index (χ0n) is 17.4. The minimum absolute atomic E-state index is 0.245. The zero-order valence-corrected chi connectivity index (χ0v) is 17.4. The molecular formula is C20H30N2O5. The van der Waals surface area contributed by atoms with Crippen LogP contribution in [0.25, 0.3) is 0 Å². The molecule has 0 spiro atoms. The van der Waals surface area contributed by atoms with Gasteiger partial charge < -0.3 is 14.8 Å². The Morgan fingerprint density at radius 2 is 1.41 bits per heavy atom. The molecule has 0 aliphatic carbocycles. The maximum atomic E-state index is 12.8.